The maximum atomic E-state index is 9.34. The van der Waals surface area contributed by atoms with Gasteiger partial charge in [-0.25, -0.2) is 5.10 Å². The first kappa shape index (κ1) is 16.9. The zero-order valence-corrected chi connectivity index (χ0v) is 14.7. The van der Waals surface area contributed by atoms with Gasteiger partial charge in [0.15, 0.2) is 5.82 Å². The van der Waals surface area contributed by atoms with E-state index in [9.17, 15) is 5.11 Å². The number of phenolic OH excluding ortho intramolecular Hbond substituents is 1. The maximum absolute atomic E-state index is 9.34. The molecule has 7 heteroatoms. The highest BCUT2D eigenvalue weighted by atomic mass is 32.1. The Labute approximate surface area is 150 Å². The zero-order valence-electron chi connectivity index (χ0n) is 13.9. The highest BCUT2D eigenvalue weighted by Gasteiger charge is 2.09. The van der Waals surface area contributed by atoms with Gasteiger partial charge in [0.2, 0.25) is 4.77 Å². The normalized spacial score (nSPS) is 11.3. The Morgan fingerprint density at radius 2 is 2.00 bits per heavy atom. The number of aromatic nitrogens is 3. The van der Waals surface area contributed by atoms with Gasteiger partial charge in [-0.15, -0.1) is 0 Å². The van der Waals surface area contributed by atoms with Gasteiger partial charge in [0.05, 0.1) is 12.3 Å². The van der Waals surface area contributed by atoms with Gasteiger partial charge >= 0.3 is 0 Å². The Balaban J connectivity index is 1.94. The minimum atomic E-state index is 0.0867. The van der Waals surface area contributed by atoms with Crippen LogP contribution in [-0.2, 0) is 0 Å². The molecule has 1 heterocycles. The van der Waals surface area contributed by atoms with Crippen molar-refractivity contribution in [1.29, 1.82) is 0 Å². The molecule has 0 radical (unpaired) electrons. The van der Waals surface area contributed by atoms with Crippen molar-refractivity contribution in [3.05, 3.63) is 58.9 Å². The lowest BCUT2D eigenvalue weighted by atomic mass is 10.2. The summed E-state index contributed by atoms with van der Waals surface area (Å²) in [5.74, 6) is 1.56. The number of aromatic amines is 1. The summed E-state index contributed by atoms with van der Waals surface area (Å²) >= 11 is 5.27. The molecule has 0 atom stereocenters. The van der Waals surface area contributed by atoms with Gasteiger partial charge in [0.25, 0.3) is 0 Å². The quantitative estimate of drug-likeness (QED) is 0.537. The third-order valence-electron chi connectivity index (χ3n) is 3.33. The van der Waals surface area contributed by atoms with E-state index >= 15 is 0 Å². The zero-order chi connectivity index (χ0) is 17.8. The Morgan fingerprint density at radius 3 is 2.72 bits per heavy atom. The first-order valence-electron chi connectivity index (χ1n) is 7.81. The fourth-order valence-corrected chi connectivity index (χ4v) is 2.43. The van der Waals surface area contributed by atoms with Crippen LogP contribution in [-0.4, -0.2) is 32.3 Å². The molecule has 0 amide bonds. The van der Waals surface area contributed by atoms with Crippen molar-refractivity contribution in [1.82, 2.24) is 14.9 Å². The van der Waals surface area contributed by atoms with Gasteiger partial charge in [-0.3, -0.25) is 0 Å². The van der Waals surface area contributed by atoms with Crippen LogP contribution >= 0.6 is 12.2 Å². The summed E-state index contributed by atoms with van der Waals surface area (Å²) in [7, 11) is 0. The van der Waals surface area contributed by atoms with E-state index in [0.717, 1.165) is 16.9 Å². The van der Waals surface area contributed by atoms with E-state index in [1.807, 2.05) is 38.1 Å². The molecule has 2 N–H and O–H groups in total. The SMILES string of the molecule is CC(C)Oc1cccc(-c2n[nH]c(=S)n2/N=C/c2ccc(O)cc2)c1. The lowest BCUT2D eigenvalue weighted by Crippen LogP contribution is -2.05. The van der Waals surface area contributed by atoms with Crippen molar-refractivity contribution in [3.63, 3.8) is 0 Å². The van der Waals surface area contributed by atoms with Gasteiger partial charge in [0, 0.05) is 5.56 Å². The molecule has 3 aromatic rings. The molecule has 128 valence electrons. The summed E-state index contributed by atoms with van der Waals surface area (Å²) in [6, 6.07) is 14.3. The van der Waals surface area contributed by atoms with E-state index < -0.39 is 0 Å². The summed E-state index contributed by atoms with van der Waals surface area (Å²) in [6.07, 6.45) is 1.74. The summed E-state index contributed by atoms with van der Waals surface area (Å²) in [6.45, 7) is 3.95. The van der Waals surface area contributed by atoms with E-state index in [4.69, 9.17) is 17.0 Å². The van der Waals surface area contributed by atoms with Crippen LogP contribution < -0.4 is 4.74 Å². The van der Waals surface area contributed by atoms with E-state index in [1.54, 1.807) is 35.2 Å². The molecular formula is C18H18N4O2S. The van der Waals surface area contributed by atoms with E-state index in [1.165, 1.54) is 0 Å². The fourth-order valence-electron chi connectivity index (χ4n) is 2.25. The van der Waals surface area contributed by atoms with Gasteiger partial charge in [-0.05, 0) is 68.0 Å². The summed E-state index contributed by atoms with van der Waals surface area (Å²) in [5, 5.41) is 20.8. The third-order valence-corrected chi connectivity index (χ3v) is 3.59. The van der Waals surface area contributed by atoms with E-state index in [0.29, 0.717) is 10.6 Å². The van der Waals surface area contributed by atoms with Gasteiger partial charge in [-0.2, -0.15) is 14.9 Å². The highest BCUT2D eigenvalue weighted by Crippen LogP contribution is 2.23. The van der Waals surface area contributed by atoms with Crippen LogP contribution in [0.2, 0.25) is 0 Å². The molecule has 0 saturated carbocycles. The van der Waals surface area contributed by atoms with Crippen molar-refractivity contribution in [2.24, 2.45) is 5.10 Å². The lowest BCUT2D eigenvalue weighted by Gasteiger charge is -2.10. The van der Waals surface area contributed by atoms with E-state index in [2.05, 4.69) is 15.3 Å². The summed E-state index contributed by atoms with van der Waals surface area (Å²) < 4.78 is 7.67. The number of nitrogens with one attached hydrogen (secondary N) is 1. The topological polar surface area (TPSA) is 75.4 Å². The van der Waals surface area contributed by atoms with Crippen molar-refractivity contribution < 1.29 is 9.84 Å². The second kappa shape index (κ2) is 7.31. The maximum Gasteiger partial charge on any atom is 0.216 e. The molecular weight excluding hydrogens is 336 g/mol. The molecule has 0 bridgehead atoms. The van der Waals surface area contributed by atoms with Crippen LogP contribution in [0.25, 0.3) is 11.4 Å². The monoisotopic (exact) mass is 354 g/mol. The molecule has 2 aromatic carbocycles. The molecule has 0 aliphatic carbocycles. The number of phenols is 1. The average Bonchev–Trinajstić information content (AvgIpc) is 2.95. The smallest absolute Gasteiger partial charge is 0.216 e. The fraction of sp³-hybridized carbons (Fsp3) is 0.167. The number of aromatic hydroxyl groups is 1. The Hall–Kier alpha value is -2.93. The second-order valence-corrected chi connectivity index (χ2v) is 6.08. The molecule has 25 heavy (non-hydrogen) atoms. The van der Waals surface area contributed by atoms with Crippen molar-refractivity contribution in [2.45, 2.75) is 20.0 Å². The number of hydrogen-bond donors (Lipinski definition) is 2. The number of H-pyrrole nitrogens is 1. The first-order chi connectivity index (χ1) is 12.0. The summed E-state index contributed by atoms with van der Waals surface area (Å²) in [4.78, 5) is 0. The number of benzene rings is 2. The molecule has 0 saturated heterocycles. The van der Waals surface area contributed by atoms with Gasteiger partial charge in [-0.1, -0.05) is 12.1 Å². The van der Waals surface area contributed by atoms with Crippen LogP contribution in [0, 0.1) is 4.77 Å². The first-order valence-corrected chi connectivity index (χ1v) is 8.21. The predicted octanol–water partition coefficient (Wildman–Crippen LogP) is 3.98. The minimum Gasteiger partial charge on any atom is -0.508 e. The number of ether oxygens (including phenoxy) is 1. The average molecular weight is 354 g/mol. The van der Waals surface area contributed by atoms with E-state index in [-0.39, 0.29) is 11.9 Å². The standard InChI is InChI=1S/C18H18N4O2S/c1-12(2)24-16-5-3-4-14(10-16)17-20-21-18(25)22(17)19-11-13-6-8-15(23)9-7-13/h3-12,23H,1-2H3,(H,21,25)/b19-11+. The lowest BCUT2D eigenvalue weighted by molar-refractivity contribution is 0.242. The van der Waals surface area contributed by atoms with Crippen molar-refractivity contribution in [2.75, 3.05) is 0 Å². The predicted molar refractivity (Wildman–Crippen MR) is 99.7 cm³/mol. The largest absolute Gasteiger partial charge is 0.508 e. The molecule has 0 fully saturated rings. The highest BCUT2D eigenvalue weighted by molar-refractivity contribution is 7.71. The molecule has 0 unspecified atom stereocenters. The minimum absolute atomic E-state index is 0.0867. The Kier molecular flexibility index (Phi) is 4.95. The van der Waals surface area contributed by atoms with Crippen LogP contribution in [0.5, 0.6) is 11.5 Å². The molecule has 0 spiro atoms. The van der Waals surface area contributed by atoms with Crippen LogP contribution in [0.4, 0.5) is 0 Å². The van der Waals surface area contributed by atoms with Gasteiger partial charge in [0.1, 0.15) is 11.5 Å². The second-order valence-electron chi connectivity index (χ2n) is 5.69. The number of rotatable bonds is 5. The molecule has 0 aliphatic heterocycles. The number of nitrogens with zero attached hydrogens (tertiary/aromatic N) is 3. The van der Waals surface area contributed by atoms with Gasteiger partial charge < -0.3 is 9.84 Å². The molecule has 6 nitrogen and oxygen atoms in total. The molecule has 3 rings (SSSR count). The Morgan fingerprint density at radius 1 is 1.24 bits per heavy atom. The number of hydrogen-bond acceptors (Lipinski definition) is 5. The van der Waals surface area contributed by atoms with Crippen LogP contribution in [0.15, 0.2) is 53.6 Å². The van der Waals surface area contributed by atoms with Crippen molar-refractivity contribution >= 4 is 18.4 Å². The third kappa shape index (κ3) is 4.13. The van der Waals surface area contributed by atoms with Crippen LogP contribution in [0.1, 0.15) is 19.4 Å². The van der Waals surface area contributed by atoms with Crippen molar-refractivity contribution in [3.8, 4) is 22.9 Å². The molecule has 1 aromatic heterocycles. The summed E-state index contributed by atoms with van der Waals surface area (Å²) in [5.41, 5.74) is 1.68. The molecule has 0 aliphatic rings. The van der Waals surface area contributed by atoms with Crippen LogP contribution in [0.3, 0.4) is 0 Å². The Bertz CT molecular complexity index is 942.